The zero-order valence-corrected chi connectivity index (χ0v) is 18.0. The zero-order valence-electron chi connectivity index (χ0n) is 18.0. The maximum atomic E-state index is 13.1. The van der Waals surface area contributed by atoms with Crippen molar-refractivity contribution in [3.63, 3.8) is 0 Å². The summed E-state index contributed by atoms with van der Waals surface area (Å²) < 4.78 is 39.4. The van der Waals surface area contributed by atoms with Crippen LogP contribution in [0.15, 0.2) is 4.99 Å². The molecule has 0 bridgehead atoms. The van der Waals surface area contributed by atoms with Crippen LogP contribution in [0.25, 0.3) is 0 Å². The highest BCUT2D eigenvalue weighted by Crippen LogP contribution is 2.37. The van der Waals surface area contributed by atoms with Gasteiger partial charge in [0.25, 0.3) is 0 Å². The van der Waals surface area contributed by atoms with Crippen molar-refractivity contribution in [2.75, 3.05) is 46.8 Å². The van der Waals surface area contributed by atoms with Gasteiger partial charge in [-0.25, -0.2) is 0 Å². The van der Waals surface area contributed by atoms with Crippen molar-refractivity contribution in [2.24, 2.45) is 10.9 Å². The molecule has 0 aromatic heterocycles. The Morgan fingerprint density at radius 3 is 2.34 bits per heavy atom. The molecular weight excluding hydrogens is 379 g/mol. The SMILES string of the molecule is CN=C(NCC1(N2CCCCC2)CCN(C)CC1)NC1CCCC(C(F)(F)F)C1. The lowest BCUT2D eigenvalue weighted by molar-refractivity contribution is -0.183. The van der Waals surface area contributed by atoms with Crippen molar-refractivity contribution in [1.29, 1.82) is 0 Å². The smallest absolute Gasteiger partial charge is 0.355 e. The molecule has 1 saturated carbocycles. The number of nitrogens with one attached hydrogen (secondary N) is 2. The molecule has 2 N–H and O–H groups in total. The maximum Gasteiger partial charge on any atom is 0.391 e. The lowest BCUT2D eigenvalue weighted by Gasteiger charge is -2.50. The second kappa shape index (κ2) is 9.86. The van der Waals surface area contributed by atoms with Gasteiger partial charge < -0.3 is 15.5 Å². The van der Waals surface area contributed by atoms with E-state index < -0.39 is 12.1 Å². The second-order valence-electron chi connectivity index (χ2n) is 9.25. The molecule has 2 heterocycles. The molecule has 0 spiro atoms. The van der Waals surface area contributed by atoms with Crippen LogP contribution in [0.3, 0.4) is 0 Å². The van der Waals surface area contributed by atoms with Crippen LogP contribution in [0.2, 0.25) is 0 Å². The van der Waals surface area contributed by atoms with Crippen LogP contribution < -0.4 is 10.6 Å². The van der Waals surface area contributed by atoms with Crippen molar-refractivity contribution in [3.8, 4) is 0 Å². The lowest BCUT2D eigenvalue weighted by atomic mass is 9.84. The van der Waals surface area contributed by atoms with Crippen LogP contribution in [0.5, 0.6) is 0 Å². The molecule has 0 radical (unpaired) electrons. The lowest BCUT2D eigenvalue weighted by Crippen LogP contribution is -2.62. The summed E-state index contributed by atoms with van der Waals surface area (Å²) in [4.78, 5) is 9.37. The highest BCUT2D eigenvalue weighted by molar-refractivity contribution is 5.80. The Hall–Kier alpha value is -1.02. The Bertz CT molecular complexity index is 537. The van der Waals surface area contributed by atoms with Gasteiger partial charge in [-0.05, 0) is 78.2 Å². The molecule has 29 heavy (non-hydrogen) atoms. The third kappa shape index (κ3) is 6.00. The average molecular weight is 418 g/mol. The first kappa shape index (κ1) is 22.7. The first-order valence-electron chi connectivity index (χ1n) is 11.3. The number of likely N-dealkylation sites (tertiary alicyclic amines) is 2. The predicted octanol–water partition coefficient (Wildman–Crippen LogP) is 3.22. The van der Waals surface area contributed by atoms with Gasteiger partial charge in [0.05, 0.1) is 5.92 Å². The van der Waals surface area contributed by atoms with Crippen LogP contribution in [0.1, 0.15) is 57.8 Å². The minimum Gasteiger partial charge on any atom is -0.355 e. The highest BCUT2D eigenvalue weighted by atomic mass is 19.4. The third-order valence-electron chi connectivity index (χ3n) is 7.23. The molecule has 3 fully saturated rings. The molecule has 3 rings (SSSR count). The molecule has 2 aliphatic heterocycles. The van der Waals surface area contributed by atoms with E-state index in [4.69, 9.17) is 0 Å². The topological polar surface area (TPSA) is 42.9 Å². The van der Waals surface area contributed by atoms with Crippen LogP contribution in [0, 0.1) is 5.92 Å². The fraction of sp³-hybridized carbons (Fsp3) is 0.952. The van der Waals surface area contributed by atoms with Crippen molar-refractivity contribution < 1.29 is 13.2 Å². The minimum atomic E-state index is -4.09. The van der Waals surface area contributed by atoms with Crippen LogP contribution in [-0.2, 0) is 0 Å². The molecule has 8 heteroatoms. The summed E-state index contributed by atoms with van der Waals surface area (Å²) in [5.41, 5.74) is 0.117. The molecule has 1 aliphatic carbocycles. The molecule has 2 atom stereocenters. The Labute approximate surface area is 173 Å². The van der Waals surface area contributed by atoms with E-state index in [0.717, 1.165) is 52.0 Å². The first-order valence-corrected chi connectivity index (χ1v) is 11.3. The number of nitrogens with zero attached hydrogens (tertiary/aromatic N) is 3. The predicted molar refractivity (Wildman–Crippen MR) is 111 cm³/mol. The number of hydrogen-bond acceptors (Lipinski definition) is 3. The fourth-order valence-electron chi connectivity index (χ4n) is 5.26. The summed E-state index contributed by atoms with van der Waals surface area (Å²) in [6.45, 7) is 5.26. The number of hydrogen-bond donors (Lipinski definition) is 2. The second-order valence-corrected chi connectivity index (χ2v) is 9.25. The van der Waals surface area contributed by atoms with E-state index in [1.807, 2.05) is 0 Å². The normalized spacial score (nSPS) is 30.2. The number of guanidine groups is 1. The van der Waals surface area contributed by atoms with Gasteiger partial charge in [0.2, 0.25) is 0 Å². The Balaban J connectivity index is 1.58. The van der Waals surface area contributed by atoms with Gasteiger partial charge in [0, 0.05) is 25.2 Å². The Kier molecular flexibility index (Phi) is 7.70. The molecule has 3 aliphatic rings. The molecule has 5 nitrogen and oxygen atoms in total. The largest absolute Gasteiger partial charge is 0.391 e. The van der Waals surface area contributed by atoms with Gasteiger partial charge in [0.1, 0.15) is 0 Å². The average Bonchev–Trinajstić information content (AvgIpc) is 2.73. The monoisotopic (exact) mass is 417 g/mol. The summed E-state index contributed by atoms with van der Waals surface area (Å²) in [5, 5.41) is 6.78. The van der Waals surface area contributed by atoms with Crippen LogP contribution in [0.4, 0.5) is 13.2 Å². The summed E-state index contributed by atoms with van der Waals surface area (Å²) in [5.74, 6) is -0.548. The van der Waals surface area contributed by atoms with E-state index in [9.17, 15) is 13.2 Å². The van der Waals surface area contributed by atoms with Crippen molar-refractivity contribution >= 4 is 5.96 Å². The molecular formula is C21H38F3N5. The number of alkyl halides is 3. The van der Waals surface area contributed by atoms with E-state index in [1.165, 1.54) is 19.3 Å². The van der Waals surface area contributed by atoms with Crippen molar-refractivity contribution in [1.82, 2.24) is 20.4 Å². The van der Waals surface area contributed by atoms with Gasteiger partial charge in [-0.2, -0.15) is 13.2 Å². The highest BCUT2D eigenvalue weighted by Gasteiger charge is 2.43. The Morgan fingerprint density at radius 2 is 1.72 bits per heavy atom. The maximum absolute atomic E-state index is 13.1. The quantitative estimate of drug-likeness (QED) is 0.545. The molecule has 0 amide bonds. The number of piperidine rings is 2. The van der Waals surface area contributed by atoms with E-state index in [1.54, 1.807) is 7.05 Å². The fourth-order valence-corrected chi connectivity index (χ4v) is 5.26. The number of rotatable bonds is 4. The van der Waals surface area contributed by atoms with Gasteiger partial charge >= 0.3 is 6.18 Å². The molecule has 2 saturated heterocycles. The van der Waals surface area contributed by atoms with Crippen LogP contribution in [-0.4, -0.2) is 80.3 Å². The summed E-state index contributed by atoms with van der Waals surface area (Å²) in [6, 6.07) is -0.162. The molecule has 2 unspecified atom stereocenters. The van der Waals surface area contributed by atoms with Gasteiger partial charge in [-0.1, -0.05) is 12.8 Å². The Morgan fingerprint density at radius 1 is 1.03 bits per heavy atom. The molecule has 0 aromatic carbocycles. The number of aliphatic imine (C=N–C) groups is 1. The van der Waals surface area contributed by atoms with Crippen LogP contribution >= 0.6 is 0 Å². The molecule has 0 aromatic rings. The van der Waals surface area contributed by atoms with E-state index >= 15 is 0 Å². The standard InChI is InChI=1S/C21H38F3N5/c1-25-19(27-18-8-6-7-17(15-18)21(22,23)24)26-16-20(9-13-28(2)14-10-20)29-11-4-3-5-12-29/h17-18H,3-16H2,1-2H3,(H2,25,26,27). The van der Waals surface area contributed by atoms with Crippen molar-refractivity contribution in [3.05, 3.63) is 0 Å². The van der Waals surface area contributed by atoms with Gasteiger partial charge in [0.15, 0.2) is 5.96 Å². The summed E-state index contributed by atoms with van der Waals surface area (Å²) in [7, 11) is 3.88. The summed E-state index contributed by atoms with van der Waals surface area (Å²) in [6.07, 6.45) is 3.75. The third-order valence-corrected chi connectivity index (χ3v) is 7.23. The van der Waals surface area contributed by atoms with E-state index in [-0.39, 0.29) is 24.4 Å². The molecule has 168 valence electrons. The van der Waals surface area contributed by atoms with Gasteiger partial charge in [-0.15, -0.1) is 0 Å². The van der Waals surface area contributed by atoms with E-state index in [2.05, 4.69) is 32.5 Å². The first-order chi connectivity index (χ1) is 13.8. The van der Waals surface area contributed by atoms with Crippen molar-refractivity contribution in [2.45, 2.75) is 75.5 Å². The minimum absolute atomic E-state index is 0.117. The van der Waals surface area contributed by atoms with Gasteiger partial charge in [-0.3, -0.25) is 9.89 Å². The van der Waals surface area contributed by atoms with E-state index in [0.29, 0.717) is 12.4 Å². The zero-order chi connectivity index (χ0) is 20.9. The summed E-state index contributed by atoms with van der Waals surface area (Å²) >= 11 is 0. The number of halogens is 3.